The quantitative estimate of drug-likeness (QED) is 0.604. The van der Waals surface area contributed by atoms with Crippen molar-refractivity contribution in [2.24, 2.45) is 0 Å². The number of rotatable bonds is 2. The molecule has 0 spiro atoms. The van der Waals surface area contributed by atoms with Gasteiger partial charge in [0.15, 0.2) is 0 Å². The summed E-state index contributed by atoms with van der Waals surface area (Å²) in [4.78, 5) is 3.90. The van der Waals surface area contributed by atoms with E-state index in [1.54, 1.807) is 6.20 Å². The molecule has 0 unspecified atom stereocenters. The van der Waals surface area contributed by atoms with Gasteiger partial charge in [-0.05, 0) is 6.92 Å². The zero-order chi connectivity index (χ0) is 5.82. The fourth-order valence-corrected chi connectivity index (χ4v) is 0.951. The predicted molar refractivity (Wildman–Crippen MR) is 33.3 cm³/mol. The number of thiazole rings is 1. The largest absolute Gasteiger partial charge is 0.470 e. The smallest absolute Gasteiger partial charge is 0.273 e. The SMILES string of the molecule is CCOc1nccs1. The van der Waals surface area contributed by atoms with E-state index < -0.39 is 0 Å². The van der Waals surface area contributed by atoms with Crippen molar-refractivity contribution < 1.29 is 4.74 Å². The van der Waals surface area contributed by atoms with Gasteiger partial charge in [-0.15, -0.1) is 0 Å². The van der Waals surface area contributed by atoms with Crippen molar-refractivity contribution in [2.45, 2.75) is 6.92 Å². The Hall–Kier alpha value is -0.570. The first-order chi connectivity index (χ1) is 3.93. The highest BCUT2D eigenvalue weighted by Gasteiger charge is 1.88. The molecule has 0 aliphatic heterocycles. The summed E-state index contributed by atoms with van der Waals surface area (Å²) in [7, 11) is 0. The molecule has 0 amide bonds. The van der Waals surface area contributed by atoms with Gasteiger partial charge in [-0.3, -0.25) is 0 Å². The average molecular weight is 129 g/mol. The Morgan fingerprint density at radius 2 is 2.75 bits per heavy atom. The molecule has 0 aromatic carbocycles. The van der Waals surface area contributed by atoms with E-state index in [1.807, 2.05) is 12.3 Å². The summed E-state index contributed by atoms with van der Waals surface area (Å²) in [6.45, 7) is 2.65. The van der Waals surface area contributed by atoms with Gasteiger partial charge in [-0.1, -0.05) is 11.3 Å². The van der Waals surface area contributed by atoms with Crippen LogP contribution in [0.3, 0.4) is 0 Å². The fourth-order valence-electron chi connectivity index (χ4n) is 0.405. The Labute approximate surface area is 52.1 Å². The van der Waals surface area contributed by atoms with Crippen LogP contribution in [-0.2, 0) is 0 Å². The number of ether oxygens (including phenoxy) is 1. The second kappa shape index (κ2) is 2.67. The Kier molecular flexibility index (Phi) is 1.86. The predicted octanol–water partition coefficient (Wildman–Crippen LogP) is 1.54. The first-order valence-electron chi connectivity index (χ1n) is 2.45. The highest BCUT2D eigenvalue weighted by molar-refractivity contribution is 7.11. The molecule has 0 fully saturated rings. The van der Waals surface area contributed by atoms with Crippen molar-refractivity contribution in [3.8, 4) is 5.19 Å². The molecule has 1 aromatic rings. The summed E-state index contributed by atoms with van der Waals surface area (Å²) in [6.07, 6.45) is 1.73. The molecule has 0 atom stereocenters. The number of hydrogen-bond acceptors (Lipinski definition) is 3. The maximum Gasteiger partial charge on any atom is 0.273 e. The topological polar surface area (TPSA) is 22.1 Å². The van der Waals surface area contributed by atoms with Crippen LogP contribution in [0.15, 0.2) is 11.6 Å². The lowest BCUT2D eigenvalue weighted by Crippen LogP contribution is -1.88. The van der Waals surface area contributed by atoms with E-state index in [0.717, 1.165) is 5.19 Å². The third-order valence-corrected chi connectivity index (χ3v) is 1.36. The Morgan fingerprint density at radius 1 is 1.88 bits per heavy atom. The molecule has 0 aliphatic rings. The highest BCUT2D eigenvalue weighted by Crippen LogP contribution is 2.12. The molecule has 1 rings (SSSR count). The first kappa shape index (κ1) is 5.56. The van der Waals surface area contributed by atoms with Gasteiger partial charge < -0.3 is 4.74 Å². The van der Waals surface area contributed by atoms with Crippen LogP contribution in [0.5, 0.6) is 5.19 Å². The standard InChI is InChI=1S/C5H7NOS/c1-2-7-5-6-3-4-8-5/h3-4H,2H2,1H3. The molecule has 0 N–H and O–H groups in total. The van der Waals surface area contributed by atoms with Gasteiger partial charge in [0.05, 0.1) is 6.61 Å². The van der Waals surface area contributed by atoms with Crippen molar-refractivity contribution in [1.82, 2.24) is 4.98 Å². The van der Waals surface area contributed by atoms with Crippen LogP contribution in [0.1, 0.15) is 6.92 Å². The minimum atomic E-state index is 0.702. The number of hydrogen-bond donors (Lipinski definition) is 0. The normalized spacial score (nSPS) is 9.12. The third kappa shape index (κ3) is 1.20. The lowest BCUT2D eigenvalue weighted by atomic mass is 10.9. The zero-order valence-electron chi connectivity index (χ0n) is 4.63. The van der Waals surface area contributed by atoms with Crippen molar-refractivity contribution >= 4 is 11.3 Å². The maximum absolute atomic E-state index is 5.05. The van der Waals surface area contributed by atoms with E-state index in [-0.39, 0.29) is 0 Å². The van der Waals surface area contributed by atoms with Gasteiger partial charge in [0.25, 0.3) is 5.19 Å². The van der Waals surface area contributed by atoms with E-state index in [4.69, 9.17) is 4.74 Å². The van der Waals surface area contributed by atoms with E-state index in [1.165, 1.54) is 11.3 Å². The maximum atomic E-state index is 5.05. The van der Waals surface area contributed by atoms with E-state index in [9.17, 15) is 0 Å². The van der Waals surface area contributed by atoms with Gasteiger partial charge in [0, 0.05) is 11.6 Å². The number of nitrogens with zero attached hydrogens (tertiary/aromatic N) is 1. The van der Waals surface area contributed by atoms with Crippen LogP contribution < -0.4 is 4.74 Å². The molecule has 3 heteroatoms. The zero-order valence-corrected chi connectivity index (χ0v) is 5.44. The van der Waals surface area contributed by atoms with E-state index in [0.29, 0.717) is 6.61 Å². The first-order valence-corrected chi connectivity index (χ1v) is 3.33. The lowest BCUT2D eigenvalue weighted by molar-refractivity contribution is 0.338. The Bertz CT molecular complexity index is 138. The van der Waals surface area contributed by atoms with Crippen LogP contribution in [0, 0.1) is 0 Å². The summed E-state index contributed by atoms with van der Waals surface area (Å²) in [6, 6.07) is 0. The Morgan fingerprint density at radius 3 is 3.25 bits per heavy atom. The summed E-state index contributed by atoms with van der Waals surface area (Å²) in [5, 5.41) is 2.65. The number of aromatic nitrogens is 1. The second-order valence-electron chi connectivity index (χ2n) is 1.23. The molecule has 0 saturated carbocycles. The van der Waals surface area contributed by atoms with Crippen LogP contribution in [0.4, 0.5) is 0 Å². The highest BCUT2D eigenvalue weighted by atomic mass is 32.1. The monoisotopic (exact) mass is 129 g/mol. The van der Waals surface area contributed by atoms with Gasteiger partial charge in [-0.25, -0.2) is 4.98 Å². The summed E-state index contributed by atoms with van der Waals surface area (Å²) >= 11 is 1.51. The van der Waals surface area contributed by atoms with E-state index >= 15 is 0 Å². The molecular weight excluding hydrogens is 122 g/mol. The van der Waals surface area contributed by atoms with Gasteiger partial charge >= 0.3 is 0 Å². The van der Waals surface area contributed by atoms with Crippen molar-refractivity contribution in [3.63, 3.8) is 0 Å². The molecule has 0 saturated heterocycles. The molecule has 0 bridgehead atoms. The van der Waals surface area contributed by atoms with Gasteiger partial charge in [0.2, 0.25) is 0 Å². The fraction of sp³-hybridized carbons (Fsp3) is 0.400. The molecule has 2 nitrogen and oxygen atoms in total. The minimum absolute atomic E-state index is 0.702. The van der Waals surface area contributed by atoms with Crippen LogP contribution in [0.2, 0.25) is 0 Å². The van der Waals surface area contributed by atoms with Crippen LogP contribution in [0.25, 0.3) is 0 Å². The minimum Gasteiger partial charge on any atom is -0.470 e. The van der Waals surface area contributed by atoms with Gasteiger partial charge in [-0.2, -0.15) is 0 Å². The van der Waals surface area contributed by atoms with E-state index in [2.05, 4.69) is 4.98 Å². The summed E-state index contributed by atoms with van der Waals surface area (Å²) in [5.74, 6) is 0. The summed E-state index contributed by atoms with van der Waals surface area (Å²) < 4.78 is 5.05. The van der Waals surface area contributed by atoms with Crippen LogP contribution >= 0.6 is 11.3 Å². The van der Waals surface area contributed by atoms with Crippen LogP contribution in [-0.4, -0.2) is 11.6 Å². The lowest BCUT2D eigenvalue weighted by Gasteiger charge is -1.91. The molecule has 8 heavy (non-hydrogen) atoms. The molecular formula is C5H7NOS. The second-order valence-corrected chi connectivity index (χ2v) is 2.09. The molecule has 0 radical (unpaired) electrons. The average Bonchev–Trinajstić information content (AvgIpc) is 2.19. The third-order valence-electron chi connectivity index (χ3n) is 0.677. The van der Waals surface area contributed by atoms with Crippen molar-refractivity contribution in [1.29, 1.82) is 0 Å². The van der Waals surface area contributed by atoms with Gasteiger partial charge in [0.1, 0.15) is 0 Å². The molecule has 0 aliphatic carbocycles. The van der Waals surface area contributed by atoms with Crippen molar-refractivity contribution in [2.75, 3.05) is 6.61 Å². The molecule has 1 heterocycles. The van der Waals surface area contributed by atoms with Crippen molar-refractivity contribution in [3.05, 3.63) is 11.6 Å². The molecule has 1 aromatic heterocycles. The Balaban J connectivity index is 2.50. The summed E-state index contributed by atoms with van der Waals surface area (Å²) in [5.41, 5.74) is 0. The molecule has 44 valence electrons.